The van der Waals surface area contributed by atoms with E-state index in [4.69, 9.17) is 11.6 Å². The zero-order valence-corrected chi connectivity index (χ0v) is 20.4. The van der Waals surface area contributed by atoms with Gasteiger partial charge in [-0.25, -0.2) is 4.79 Å². The maximum atomic E-state index is 12.6. The molecule has 2 saturated heterocycles. The largest absolute Gasteiger partial charge is 0.366 e. The summed E-state index contributed by atoms with van der Waals surface area (Å²) in [5.74, 6) is -0.504. The maximum Gasteiger partial charge on any atom is 0.322 e. The van der Waals surface area contributed by atoms with Crippen molar-refractivity contribution in [1.82, 2.24) is 25.7 Å². The van der Waals surface area contributed by atoms with Crippen LogP contribution in [-0.2, 0) is 9.59 Å². The van der Waals surface area contributed by atoms with E-state index in [1.54, 1.807) is 6.07 Å². The highest BCUT2D eigenvalue weighted by molar-refractivity contribution is 6.29. The molecule has 3 aliphatic rings. The minimum Gasteiger partial charge on any atom is -0.366 e. The fourth-order valence-corrected chi connectivity index (χ4v) is 5.58. The summed E-state index contributed by atoms with van der Waals surface area (Å²) in [6, 6.07) is 11.6. The number of urea groups is 1. The Labute approximate surface area is 209 Å². The van der Waals surface area contributed by atoms with Gasteiger partial charge in [-0.1, -0.05) is 23.7 Å². The predicted octanol–water partition coefficient (Wildman–Crippen LogP) is 2.50. The molecule has 3 fully saturated rings. The molecule has 0 bridgehead atoms. The standard InChI is InChI=1S/C25H29ClN6O3/c1-16-13-31(14-17(15-33)12-25(19-5-6-19)23(34)27-24(35)28-25)9-10-32(16)20-4-2-3-18(11-20)21-7-8-22(26)30-29-21/h2-4,7-8,11,15-17,19H,5-6,9-10,12-14H2,1H3,(H2,27,28,34,35)/t16-,17?,25?/m0/s1. The summed E-state index contributed by atoms with van der Waals surface area (Å²) in [5.41, 5.74) is 1.91. The number of aldehydes is 1. The van der Waals surface area contributed by atoms with E-state index in [9.17, 15) is 14.4 Å². The average Bonchev–Trinajstić information content (AvgIpc) is 3.65. The molecule has 9 nitrogen and oxygen atoms in total. The molecule has 2 N–H and O–H groups in total. The van der Waals surface area contributed by atoms with Crippen LogP contribution >= 0.6 is 11.6 Å². The van der Waals surface area contributed by atoms with E-state index in [1.807, 2.05) is 18.2 Å². The number of rotatable bonds is 8. The first-order chi connectivity index (χ1) is 16.9. The smallest absolute Gasteiger partial charge is 0.322 e. The van der Waals surface area contributed by atoms with Crippen LogP contribution in [0.3, 0.4) is 0 Å². The normalized spacial score (nSPS) is 25.8. The molecule has 1 aromatic heterocycles. The molecule has 1 saturated carbocycles. The van der Waals surface area contributed by atoms with Crippen LogP contribution in [0.2, 0.25) is 5.15 Å². The Balaban J connectivity index is 1.23. The Morgan fingerprint density at radius 1 is 1.20 bits per heavy atom. The third-order valence-electron chi connectivity index (χ3n) is 7.33. The number of aromatic nitrogens is 2. The van der Waals surface area contributed by atoms with Gasteiger partial charge in [0.15, 0.2) is 5.15 Å². The molecule has 3 amide bonds. The molecular weight excluding hydrogens is 468 g/mol. The Bertz CT molecular complexity index is 1120. The lowest BCUT2D eigenvalue weighted by Gasteiger charge is -2.42. The van der Waals surface area contributed by atoms with Gasteiger partial charge in [-0.15, -0.1) is 10.2 Å². The Kier molecular flexibility index (Phi) is 6.46. The predicted molar refractivity (Wildman–Crippen MR) is 132 cm³/mol. The SMILES string of the molecule is C[C@H]1CN(CC(C=O)CC2(C3CC3)NC(=O)NC2=O)CCN1c1cccc(-c2ccc(Cl)nn2)c1. The molecule has 2 aromatic rings. The van der Waals surface area contributed by atoms with Crippen LogP contribution < -0.4 is 15.5 Å². The number of halogens is 1. The van der Waals surface area contributed by atoms with Gasteiger partial charge in [-0.3, -0.25) is 15.0 Å². The fourth-order valence-electron chi connectivity index (χ4n) is 5.48. The van der Waals surface area contributed by atoms with Gasteiger partial charge < -0.3 is 15.0 Å². The van der Waals surface area contributed by atoms with Crippen molar-refractivity contribution in [2.75, 3.05) is 31.1 Å². The lowest BCUT2D eigenvalue weighted by Crippen LogP contribution is -2.55. The second-order valence-electron chi connectivity index (χ2n) is 9.85. The van der Waals surface area contributed by atoms with E-state index in [0.29, 0.717) is 18.1 Å². The highest BCUT2D eigenvalue weighted by Gasteiger charge is 2.56. The summed E-state index contributed by atoms with van der Waals surface area (Å²) in [4.78, 5) is 41.1. The highest BCUT2D eigenvalue weighted by atomic mass is 35.5. The number of carbonyl (C=O) groups excluding carboxylic acids is 3. The van der Waals surface area contributed by atoms with Gasteiger partial charge in [0.05, 0.1) is 5.69 Å². The van der Waals surface area contributed by atoms with Crippen molar-refractivity contribution in [3.63, 3.8) is 0 Å². The second-order valence-corrected chi connectivity index (χ2v) is 10.2. The summed E-state index contributed by atoms with van der Waals surface area (Å²) >= 11 is 5.87. The van der Waals surface area contributed by atoms with Crippen molar-refractivity contribution < 1.29 is 14.4 Å². The number of hydrogen-bond donors (Lipinski definition) is 2. The monoisotopic (exact) mass is 496 g/mol. The van der Waals surface area contributed by atoms with Crippen LogP contribution in [0.1, 0.15) is 26.2 Å². The Hall–Kier alpha value is -3.04. The zero-order chi connectivity index (χ0) is 24.6. The first-order valence-electron chi connectivity index (χ1n) is 12.1. The molecule has 0 radical (unpaired) electrons. The average molecular weight is 497 g/mol. The van der Waals surface area contributed by atoms with E-state index < -0.39 is 11.6 Å². The van der Waals surface area contributed by atoms with Crippen molar-refractivity contribution in [1.29, 1.82) is 0 Å². The van der Waals surface area contributed by atoms with Gasteiger partial charge in [-0.05, 0) is 56.4 Å². The quantitative estimate of drug-likeness (QED) is 0.427. The van der Waals surface area contributed by atoms with Crippen molar-refractivity contribution in [2.45, 2.75) is 37.8 Å². The van der Waals surface area contributed by atoms with Gasteiger partial charge in [-0.2, -0.15) is 0 Å². The van der Waals surface area contributed by atoms with Crippen LogP contribution in [0.4, 0.5) is 10.5 Å². The number of amides is 3. The summed E-state index contributed by atoms with van der Waals surface area (Å²) in [6.45, 7) is 5.15. The van der Waals surface area contributed by atoms with Crippen molar-refractivity contribution in [2.24, 2.45) is 11.8 Å². The number of hydrogen-bond acceptors (Lipinski definition) is 7. The zero-order valence-electron chi connectivity index (χ0n) is 19.6. The van der Waals surface area contributed by atoms with Crippen LogP contribution in [-0.4, -0.2) is 71.1 Å². The second kappa shape index (κ2) is 9.54. The third kappa shape index (κ3) is 4.88. The Morgan fingerprint density at radius 3 is 2.66 bits per heavy atom. The van der Waals surface area contributed by atoms with Gasteiger partial charge >= 0.3 is 6.03 Å². The third-order valence-corrected chi connectivity index (χ3v) is 7.53. The summed E-state index contributed by atoms with van der Waals surface area (Å²) in [5, 5.41) is 13.7. The first kappa shape index (κ1) is 23.7. The molecule has 3 atom stereocenters. The van der Waals surface area contributed by atoms with Crippen molar-refractivity contribution in [3.05, 3.63) is 41.6 Å². The summed E-state index contributed by atoms with van der Waals surface area (Å²) < 4.78 is 0. The number of anilines is 1. The molecule has 184 valence electrons. The minimum absolute atomic E-state index is 0.116. The number of piperazine rings is 1. The first-order valence-corrected chi connectivity index (χ1v) is 12.4. The Morgan fingerprint density at radius 2 is 2.03 bits per heavy atom. The number of nitrogens with one attached hydrogen (secondary N) is 2. The number of benzene rings is 1. The molecule has 10 heteroatoms. The molecule has 1 aromatic carbocycles. The molecule has 2 aliphatic heterocycles. The van der Waals surface area contributed by atoms with E-state index in [1.165, 1.54) is 0 Å². The van der Waals surface area contributed by atoms with E-state index in [2.05, 4.69) is 49.7 Å². The molecule has 35 heavy (non-hydrogen) atoms. The molecule has 2 unspecified atom stereocenters. The van der Waals surface area contributed by atoms with Crippen LogP contribution in [0.25, 0.3) is 11.3 Å². The van der Waals surface area contributed by atoms with Gasteiger partial charge in [0.25, 0.3) is 5.91 Å². The van der Waals surface area contributed by atoms with Crippen LogP contribution in [0.15, 0.2) is 36.4 Å². The molecular formula is C25H29ClN6O3. The molecule has 0 spiro atoms. The maximum absolute atomic E-state index is 12.6. The number of imide groups is 1. The van der Waals surface area contributed by atoms with E-state index in [-0.39, 0.29) is 23.8 Å². The van der Waals surface area contributed by atoms with Crippen molar-refractivity contribution >= 4 is 35.5 Å². The molecule has 5 rings (SSSR count). The number of carbonyl (C=O) groups is 3. The summed E-state index contributed by atoms with van der Waals surface area (Å²) in [6.07, 6.45) is 3.08. The topological polar surface area (TPSA) is 108 Å². The van der Waals surface area contributed by atoms with Gasteiger partial charge in [0, 0.05) is 49.4 Å². The fraction of sp³-hybridized carbons (Fsp3) is 0.480. The van der Waals surface area contributed by atoms with Gasteiger partial charge in [0.2, 0.25) is 0 Å². The lowest BCUT2D eigenvalue weighted by molar-refractivity contribution is -0.126. The van der Waals surface area contributed by atoms with Gasteiger partial charge in [0.1, 0.15) is 11.8 Å². The molecule has 1 aliphatic carbocycles. The molecule has 3 heterocycles. The van der Waals surface area contributed by atoms with E-state index >= 15 is 0 Å². The van der Waals surface area contributed by atoms with E-state index in [0.717, 1.165) is 55.7 Å². The number of nitrogens with zero attached hydrogens (tertiary/aromatic N) is 4. The van der Waals surface area contributed by atoms with Crippen LogP contribution in [0.5, 0.6) is 0 Å². The lowest BCUT2D eigenvalue weighted by atomic mass is 9.83. The summed E-state index contributed by atoms with van der Waals surface area (Å²) in [7, 11) is 0. The van der Waals surface area contributed by atoms with Crippen molar-refractivity contribution in [3.8, 4) is 11.3 Å². The van der Waals surface area contributed by atoms with Crippen LogP contribution in [0, 0.1) is 11.8 Å². The minimum atomic E-state index is -0.943. The highest BCUT2D eigenvalue weighted by Crippen LogP contribution is 2.44.